The topological polar surface area (TPSA) is 58.4 Å². The first kappa shape index (κ1) is 14.5. The quantitative estimate of drug-likeness (QED) is 0.729. The maximum atomic E-state index is 11.7. The number of benzene rings is 1. The van der Waals surface area contributed by atoms with Gasteiger partial charge in [-0.05, 0) is 38.2 Å². The number of anilines is 2. The maximum Gasteiger partial charge on any atom is 0.225 e. The predicted octanol–water partition coefficient (Wildman–Crippen LogP) is 2.33. The third-order valence-corrected chi connectivity index (χ3v) is 2.78. The van der Waals surface area contributed by atoms with Crippen molar-refractivity contribution in [1.29, 1.82) is 0 Å². The lowest BCUT2D eigenvalue weighted by Crippen LogP contribution is -2.25. The summed E-state index contributed by atoms with van der Waals surface area (Å²) < 4.78 is 0. The van der Waals surface area contributed by atoms with Gasteiger partial charge in [-0.3, -0.25) is 4.79 Å². The van der Waals surface area contributed by atoms with Crippen LogP contribution in [0.2, 0.25) is 0 Å². The van der Waals surface area contributed by atoms with Crippen LogP contribution in [0.1, 0.15) is 26.2 Å². The molecule has 1 aromatic rings. The molecule has 0 aromatic heterocycles. The van der Waals surface area contributed by atoms with Gasteiger partial charge in [-0.1, -0.05) is 19.4 Å². The van der Waals surface area contributed by atoms with Crippen molar-refractivity contribution in [2.24, 2.45) is 0 Å². The number of hydrogen-bond donors (Lipinski definition) is 2. The van der Waals surface area contributed by atoms with Crippen LogP contribution in [-0.2, 0) is 4.79 Å². The molecule has 4 nitrogen and oxygen atoms in total. The first-order valence-corrected chi connectivity index (χ1v) is 6.45. The molecule has 4 heteroatoms. The van der Waals surface area contributed by atoms with Crippen molar-refractivity contribution in [2.45, 2.75) is 26.2 Å². The Hall–Kier alpha value is -1.55. The monoisotopic (exact) mass is 249 g/mol. The van der Waals surface area contributed by atoms with Crippen molar-refractivity contribution >= 4 is 17.3 Å². The van der Waals surface area contributed by atoms with Crippen LogP contribution >= 0.6 is 0 Å². The second-order valence-corrected chi connectivity index (χ2v) is 4.58. The number of nitrogen functional groups attached to an aromatic ring is 1. The van der Waals surface area contributed by atoms with E-state index in [1.54, 1.807) is 12.1 Å². The Morgan fingerprint density at radius 3 is 2.83 bits per heavy atom. The van der Waals surface area contributed by atoms with E-state index in [-0.39, 0.29) is 5.91 Å². The Kier molecular flexibility index (Phi) is 6.22. The molecule has 0 atom stereocenters. The number of nitrogens with two attached hydrogens (primary N) is 1. The minimum absolute atomic E-state index is 0.0314. The van der Waals surface area contributed by atoms with Gasteiger partial charge in [-0.2, -0.15) is 0 Å². The molecule has 0 heterocycles. The van der Waals surface area contributed by atoms with Crippen LogP contribution < -0.4 is 11.1 Å². The lowest BCUT2D eigenvalue weighted by Gasteiger charge is -2.15. The molecule has 0 radical (unpaired) electrons. The van der Waals surface area contributed by atoms with Gasteiger partial charge in [0.25, 0.3) is 0 Å². The molecular weight excluding hydrogens is 226 g/mol. The fourth-order valence-electron chi connectivity index (χ4n) is 1.67. The Morgan fingerprint density at radius 2 is 2.17 bits per heavy atom. The van der Waals surface area contributed by atoms with E-state index in [4.69, 9.17) is 5.73 Å². The molecule has 1 aromatic carbocycles. The minimum Gasteiger partial charge on any atom is -0.399 e. The molecule has 18 heavy (non-hydrogen) atoms. The zero-order valence-corrected chi connectivity index (χ0v) is 11.3. The third-order valence-electron chi connectivity index (χ3n) is 2.78. The summed E-state index contributed by atoms with van der Waals surface area (Å²) in [5.74, 6) is 0.0314. The van der Waals surface area contributed by atoms with Crippen molar-refractivity contribution in [3.05, 3.63) is 24.3 Å². The number of carbonyl (C=O) groups is 1. The summed E-state index contributed by atoms with van der Waals surface area (Å²) in [7, 11) is 2.05. The third kappa shape index (κ3) is 5.68. The Balaban J connectivity index is 2.29. The summed E-state index contributed by atoms with van der Waals surface area (Å²) in [6.07, 6.45) is 2.86. The predicted molar refractivity (Wildman–Crippen MR) is 76.5 cm³/mol. The van der Waals surface area contributed by atoms with Gasteiger partial charge in [-0.15, -0.1) is 0 Å². The number of rotatable bonds is 7. The van der Waals surface area contributed by atoms with Gasteiger partial charge >= 0.3 is 0 Å². The second-order valence-electron chi connectivity index (χ2n) is 4.58. The molecule has 1 rings (SSSR count). The highest BCUT2D eigenvalue weighted by Gasteiger charge is 2.05. The molecule has 0 aliphatic rings. The van der Waals surface area contributed by atoms with Crippen molar-refractivity contribution in [3.63, 3.8) is 0 Å². The van der Waals surface area contributed by atoms with Crippen LogP contribution in [0.25, 0.3) is 0 Å². The molecular formula is C14H23N3O. The largest absolute Gasteiger partial charge is 0.399 e. The minimum atomic E-state index is 0.0314. The van der Waals surface area contributed by atoms with E-state index in [0.29, 0.717) is 12.1 Å². The lowest BCUT2D eigenvalue weighted by atomic mass is 10.2. The van der Waals surface area contributed by atoms with Crippen LogP contribution in [0, 0.1) is 0 Å². The Labute approximate surface area is 109 Å². The van der Waals surface area contributed by atoms with Crippen LogP contribution in [-0.4, -0.2) is 30.9 Å². The normalized spacial score (nSPS) is 10.6. The molecule has 0 unspecified atom stereocenters. The molecule has 1 amide bonds. The summed E-state index contributed by atoms with van der Waals surface area (Å²) in [5.41, 5.74) is 7.07. The number of nitrogens with one attached hydrogen (secondary N) is 1. The summed E-state index contributed by atoms with van der Waals surface area (Å²) in [6.45, 7) is 4.00. The van der Waals surface area contributed by atoms with Gasteiger partial charge < -0.3 is 16.0 Å². The average Bonchev–Trinajstić information content (AvgIpc) is 2.34. The number of carbonyl (C=O) groups excluding carboxylic acids is 1. The van der Waals surface area contributed by atoms with E-state index < -0.39 is 0 Å². The highest BCUT2D eigenvalue weighted by atomic mass is 16.1. The summed E-state index contributed by atoms with van der Waals surface area (Å²) in [5, 5.41) is 2.85. The van der Waals surface area contributed by atoms with Crippen LogP contribution in [0.5, 0.6) is 0 Å². The fraction of sp³-hybridized carbons (Fsp3) is 0.500. The maximum absolute atomic E-state index is 11.7. The molecule has 0 bridgehead atoms. The lowest BCUT2D eigenvalue weighted by molar-refractivity contribution is -0.116. The van der Waals surface area contributed by atoms with Gasteiger partial charge in [0.05, 0.1) is 0 Å². The van der Waals surface area contributed by atoms with Crippen LogP contribution in [0.15, 0.2) is 24.3 Å². The van der Waals surface area contributed by atoms with Gasteiger partial charge in [0, 0.05) is 24.3 Å². The van der Waals surface area contributed by atoms with Gasteiger partial charge in [0.1, 0.15) is 0 Å². The molecule has 3 N–H and O–H groups in total. The zero-order valence-electron chi connectivity index (χ0n) is 11.3. The van der Waals surface area contributed by atoms with E-state index in [1.165, 1.54) is 12.8 Å². The van der Waals surface area contributed by atoms with E-state index in [1.807, 2.05) is 19.2 Å². The summed E-state index contributed by atoms with van der Waals surface area (Å²) >= 11 is 0. The first-order chi connectivity index (χ1) is 8.61. The molecule has 0 saturated heterocycles. The highest BCUT2D eigenvalue weighted by molar-refractivity contribution is 5.91. The number of nitrogens with zero attached hydrogens (tertiary/aromatic N) is 1. The van der Waals surface area contributed by atoms with Gasteiger partial charge in [-0.25, -0.2) is 0 Å². The van der Waals surface area contributed by atoms with Crippen LogP contribution in [0.3, 0.4) is 0 Å². The van der Waals surface area contributed by atoms with Crippen molar-refractivity contribution in [3.8, 4) is 0 Å². The summed E-state index contributed by atoms with van der Waals surface area (Å²) in [4.78, 5) is 13.9. The average molecular weight is 249 g/mol. The molecule has 0 saturated carbocycles. The molecule has 0 spiro atoms. The Morgan fingerprint density at radius 1 is 1.39 bits per heavy atom. The highest BCUT2D eigenvalue weighted by Crippen LogP contribution is 2.11. The smallest absolute Gasteiger partial charge is 0.225 e. The first-order valence-electron chi connectivity index (χ1n) is 6.45. The standard InChI is InChI=1S/C14H23N3O/c1-3-4-9-17(2)10-8-14(18)16-13-7-5-6-12(15)11-13/h5-7,11H,3-4,8-10,15H2,1-2H3,(H,16,18). The Bertz CT molecular complexity index is 379. The molecule has 0 fully saturated rings. The number of hydrogen-bond acceptors (Lipinski definition) is 3. The second kappa shape index (κ2) is 7.71. The number of amides is 1. The van der Waals surface area contributed by atoms with Gasteiger partial charge in [0.2, 0.25) is 5.91 Å². The molecule has 100 valence electrons. The fourth-order valence-corrected chi connectivity index (χ4v) is 1.67. The van der Waals surface area contributed by atoms with E-state index in [2.05, 4.69) is 17.1 Å². The van der Waals surface area contributed by atoms with Gasteiger partial charge in [0.15, 0.2) is 0 Å². The van der Waals surface area contributed by atoms with Crippen molar-refractivity contribution in [2.75, 3.05) is 31.2 Å². The molecule has 0 aliphatic carbocycles. The number of unbranched alkanes of at least 4 members (excludes halogenated alkanes) is 1. The van der Waals surface area contributed by atoms with E-state index in [9.17, 15) is 4.79 Å². The summed E-state index contributed by atoms with van der Waals surface area (Å²) in [6, 6.07) is 7.24. The molecule has 0 aliphatic heterocycles. The SMILES string of the molecule is CCCCN(C)CCC(=O)Nc1cccc(N)c1. The van der Waals surface area contributed by atoms with Crippen molar-refractivity contribution < 1.29 is 4.79 Å². The zero-order chi connectivity index (χ0) is 13.4. The van der Waals surface area contributed by atoms with Crippen LogP contribution in [0.4, 0.5) is 11.4 Å². The van der Waals surface area contributed by atoms with E-state index >= 15 is 0 Å². The van der Waals surface area contributed by atoms with Crippen molar-refractivity contribution in [1.82, 2.24) is 4.90 Å². The van der Waals surface area contributed by atoms with E-state index in [0.717, 1.165) is 18.8 Å².